The van der Waals surface area contributed by atoms with Gasteiger partial charge in [-0.15, -0.1) is 0 Å². The van der Waals surface area contributed by atoms with Crippen molar-refractivity contribution in [2.75, 3.05) is 0 Å². The lowest BCUT2D eigenvalue weighted by Gasteiger charge is -1.99. The minimum absolute atomic E-state index is 0.647. The van der Waals surface area contributed by atoms with Crippen molar-refractivity contribution >= 4 is 11.0 Å². The average molecular weight is 220 g/mol. The number of H-pyrrole nitrogens is 1. The summed E-state index contributed by atoms with van der Waals surface area (Å²) < 4.78 is 0. The van der Waals surface area contributed by atoms with Crippen LogP contribution >= 0.6 is 0 Å². The Hall–Kier alpha value is -2.67. The highest BCUT2D eigenvalue weighted by atomic mass is 14.9. The minimum Gasteiger partial charge on any atom is -0.345 e. The Morgan fingerprint density at radius 1 is 1.29 bits per heavy atom. The predicted molar refractivity (Wildman–Crippen MR) is 64.0 cm³/mol. The summed E-state index contributed by atoms with van der Waals surface area (Å²) >= 11 is 0. The van der Waals surface area contributed by atoms with Gasteiger partial charge in [-0.25, -0.2) is 9.97 Å². The Kier molecular flexibility index (Phi) is 2.09. The Bertz CT molecular complexity index is 721. The number of nitriles is 1. The van der Waals surface area contributed by atoms with Gasteiger partial charge in [0.2, 0.25) is 0 Å². The van der Waals surface area contributed by atoms with Gasteiger partial charge in [0.15, 0.2) is 0 Å². The van der Waals surface area contributed by atoms with Crippen LogP contribution in [0.1, 0.15) is 5.56 Å². The second kappa shape index (κ2) is 3.72. The molecule has 3 aromatic rings. The first kappa shape index (κ1) is 9.55. The van der Waals surface area contributed by atoms with Crippen LogP contribution in [0.2, 0.25) is 0 Å². The molecule has 3 rings (SSSR count). The molecule has 0 spiro atoms. The van der Waals surface area contributed by atoms with E-state index < -0.39 is 0 Å². The highest BCUT2D eigenvalue weighted by Crippen LogP contribution is 2.27. The largest absolute Gasteiger partial charge is 0.345 e. The van der Waals surface area contributed by atoms with E-state index in [1.54, 1.807) is 12.3 Å². The molecule has 0 saturated carbocycles. The van der Waals surface area contributed by atoms with Gasteiger partial charge in [-0.1, -0.05) is 12.1 Å². The second-order valence-electron chi connectivity index (χ2n) is 3.68. The molecular formula is C13H8N4. The van der Waals surface area contributed by atoms with E-state index in [1.807, 2.05) is 24.4 Å². The molecule has 0 aliphatic heterocycles. The smallest absolute Gasteiger partial charge is 0.141 e. The van der Waals surface area contributed by atoms with E-state index in [0.717, 1.165) is 22.2 Å². The number of rotatable bonds is 1. The van der Waals surface area contributed by atoms with Crippen molar-refractivity contribution in [3.8, 4) is 17.2 Å². The third kappa shape index (κ3) is 1.54. The van der Waals surface area contributed by atoms with Gasteiger partial charge in [0, 0.05) is 23.3 Å². The number of benzene rings is 1. The zero-order chi connectivity index (χ0) is 11.7. The van der Waals surface area contributed by atoms with Crippen molar-refractivity contribution in [2.45, 2.75) is 0 Å². The molecule has 1 aromatic carbocycles. The first-order chi connectivity index (χ1) is 8.38. The summed E-state index contributed by atoms with van der Waals surface area (Å²) in [6.45, 7) is 0. The van der Waals surface area contributed by atoms with Crippen LogP contribution in [0.4, 0.5) is 0 Å². The Balaban J connectivity index is 2.24. The molecule has 0 saturated heterocycles. The molecule has 0 fully saturated rings. The highest BCUT2D eigenvalue weighted by molar-refractivity contribution is 5.93. The molecular weight excluding hydrogens is 212 g/mol. The van der Waals surface area contributed by atoms with Crippen LogP contribution in [0.5, 0.6) is 0 Å². The van der Waals surface area contributed by atoms with Crippen molar-refractivity contribution in [2.24, 2.45) is 0 Å². The van der Waals surface area contributed by atoms with E-state index in [1.165, 1.54) is 6.33 Å². The second-order valence-corrected chi connectivity index (χ2v) is 3.68. The maximum Gasteiger partial charge on any atom is 0.141 e. The molecule has 1 N–H and O–H groups in total. The standard InChI is InChI=1S/C13H8N4/c14-5-9-2-1-3-10(4-9)11-7-16-13-12(11)6-15-8-17-13/h1-4,6-8H,(H,15,16,17). The molecule has 4 nitrogen and oxygen atoms in total. The van der Waals surface area contributed by atoms with Crippen molar-refractivity contribution < 1.29 is 0 Å². The first-order valence-corrected chi connectivity index (χ1v) is 5.16. The van der Waals surface area contributed by atoms with Crippen LogP contribution in [0.15, 0.2) is 43.0 Å². The first-order valence-electron chi connectivity index (χ1n) is 5.16. The Morgan fingerprint density at radius 2 is 2.24 bits per heavy atom. The van der Waals surface area contributed by atoms with Gasteiger partial charge in [-0.2, -0.15) is 5.26 Å². The fourth-order valence-electron chi connectivity index (χ4n) is 1.86. The Morgan fingerprint density at radius 3 is 3.12 bits per heavy atom. The van der Waals surface area contributed by atoms with Gasteiger partial charge in [0.05, 0.1) is 11.6 Å². The lowest BCUT2D eigenvalue weighted by atomic mass is 10.0. The Labute approximate surface area is 97.6 Å². The van der Waals surface area contributed by atoms with Crippen LogP contribution in [0, 0.1) is 11.3 Å². The molecule has 0 amide bonds. The molecule has 2 aromatic heterocycles. The summed E-state index contributed by atoms with van der Waals surface area (Å²) in [6, 6.07) is 9.62. The van der Waals surface area contributed by atoms with Gasteiger partial charge in [-0.05, 0) is 17.7 Å². The molecule has 80 valence electrons. The van der Waals surface area contributed by atoms with Crippen LogP contribution in [0.3, 0.4) is 0 Å². The zero-order valence-corrected chi connectivity index (χ0v) is 8.88. The van der Waals surface area contributed by atoms with Crippen LogP contribution in [0.25, 0.3) is 22.2 Å². The molecule has 0 radical (unpaired) electrons. The van der Waals surface area contributed by atoms with Crippen molar-refractivity contribution in [1.29, 1.82) is 5.26 Å². The SMILES string of the molecule is N#Cc1cccc(-c2c[nH]c3ncncc23)c1. The summed E-state index contributed by atoms with van der Waals surface area (Å²) in [7, 11) is 0. The lowest BCUT2D eigenvalue weighted by Crippen LogP contribution is -1.80. The van der Waals surface area contributed by atoms with E-state index in [9.17, 15) is 0 Å². The molecule has 4 heteroatoms. The van der Waals surface area contributed by atoms with Crippen molar-refractivity contribution in [3.05, 3.63) is 48.5 Å². The molecule has 17 heavy (non-hydrogen) atoms. The summed E-state index contributed by atoms with van der Waals surface area (Å²) in [6.07, 6.45) is 5.16. The summed E-state index contributed by atoms with van der Waals surface area (Å²) in [4.78, 5) is 11.2. The van der Waals surface area contributed by atoms with Crippen molar-refractivity contribution in [3.63, 3.8) is 0 Å². The molecule has 2 heterocycles. The van der Waals surface area contributed by atoms with Crippen LogP contribution < -0.4 is 0 Å². The van der Waals surface area contributed by atoms with E-state index in [4.69, 9.17) is 5.26 Å². The maximum absolute atomic E-state index is 8.89. The topological polar surface area (TPSA) is 65.4 Å². The van der Waals surface area contributed by atoms with Crippen LogP contribution in [-0.2, 0) is 0 Å². The average Bonchev–Trinajstić information content (AvgIpc) is 2.82. The zero-order valence-electron chi connectivity index (χ0n) is 8.88. The van der Waals surface area contributed by atoms with E-state index in [-0.39, 0.29) is 0 Å². The molecule has 0 aliphatic rings. The maximum atomic E-state index is 8.89. The number of aromatic nitrogens is 3. The number of fused-ring (bicyclic) bond motifs is 1. The predicted octanol–water partition coefficient (Wildman–Crippen LogP) is 2.50. The molecule has 0 aliphatic carbocycles. The molecule has 0 atom stereocenters. The van der Waals surface area contributed by atoms with Crippen LogP contribution in [-0.4, -0.2) is 15.0 Å². The highest BCUT2D eigenvalue weighted by Gasteiger charge is 2.06. The lowest BCUT2D eigenvalue weighted by molar-refractivity contribution is 1.20. The molecule has 0 unspecified atom stereocenters. The number of hydrogen-bond donors (Lipinski definition) is 1. The summed E-state index contributed by atoms with van der Waals surface area (Å²) in [5.74, 6) is 0. The van der Waals surface area contributed by atoms with Crippen molar-refractivity contribution in [1.82, 2.24) is 15.0 Å². The van der Waals surface area contributed by atoms with Gasteiger partial charge in [-0.3, -0.25) is 0 Å². The summed E-state index contributed by atoms with van der Waals surface area (Å²) in [5.41, 5.74) is 3.45. The number of aromatic amines is 1. The number of nitrogens with zero attached hydrogens (tertiary/aromatic N) is 3. The molecule has 0 bridgehead atoms. The van der Waals surface area contributed by atoms with E-state index >= 15 is 0 Å². The van der Waals surface area contributed by atoms with Gasteiger partial charge < -0.3 is 4.98 Å². The number of hydrogen-bond acceptors (Lipinski definition) is 3. The van der Waals surface area contributed by atoms with Gasteiger partial charge in [0.25, 0.3) is 0 Å². The van der Waals surface area contributed by atoms with E-state index in [0.29, 0.717) is 5.56 Å². The van der Waals surface area contributed by atoms with E-state index in [2.05, 4.69) is 21.0 Å². The fourth-order valence-corrected chi connectivity index (χ4v) is 1.86. The fraction of sp³-hybridized carbons (Fsp3) is 0. The third-order valence-electron chi connectivity index (χ3n) is 2.66. The van der Waals surface area contributed by atoms with Gasteiger partial charge in [0.1, 0.15) is 12.0 Å². The quantitative estimate of drug-likeness (QED) is 0.685. The normalized spacial score (nSPS) is 10.3. The number of nitrogens with one attached hydrogen (secondary N) is 1. The van der Waals surface area contributed by atoms with Gasteiger partial charge >= 0.3 is 0 Å². The third-order valence-corrected chi connectivity index (χ3v) is 2.66. The summed E-state index contributed by atoms with van der Waals surface area (Å²) in [5, 5.41) is 9.85. The monoisotopic (exact) mass is 220 g/mol. The minimum atomic E-state index is 0.647.